The Bertz CT molecular complexity index is 958. The van der Waals surface area contributed by atoms with E-state index in [1.54, 1.807) is 48.5 Å². The van der Waals surface area contributed by atoms with Crippen LogP contribution < -0.4 is 0 Å². The van der Waals surface area contributed by atoms with Crippen molar-refractivity contribution in [1.29, 1.82) is 0 Å². The molecule has 0 saturated carbocycles. The van der Waals surface area contributed by atoms with Crippen LogP contribution in [0.15, 0.2) is 58.3 Å². The average Bonchev–Trinajstić information content (AvgIpc) is 3.53. The highest BCUT2D eigenvalue weighted by Gasteiger charge is 2.41. The summed E-state index contributed by atoms with van der Waals surface area (Å²) in [6, 6.07) is 13.5. The van der Waals surface area contributed by atoms with E-state index in [4.69, 9.17) is 0 Å². The van der Waals surface area contributed by atoms with Gasteiger partial charge < -0.3 is 0 Å². The normalized spacial score (nSPS) is 27.9. The molecule has 2 aliphatic heterocycles. The second kappa shape index (κ2) is 5.88. The summed E-state index contributed by atoms with van der Waals surface area (Å²) in [6.07, 6.45) is 0. The number of nitrogens with zero attached hydrogens (tertiary/aromatic N) is 2. The van der Waals surface area contributed by atoms with E-state index in [-0.39, 0.29) is 21.9 Å². The lowest BCUT2D eigenvalue weighted by Gasteiger charge is -2.08. The smallest absolute Gasteiger partial charge is 0.207 e. The van der Waals surface area contributed by atoms with Crippen molar-refractivity contribution in [1.82, 2.24) is 8.61 Å². The van der Waals surface area contributed by atoms with Crippen LogP contribution in [0, 0.1) is 0 Å². The number of sulfonamides is 2. The Balaban J connectivity index is 1.57. The molecule has 2 heterocycles. The minimum Gasteiger partial charge on any atom is -0.207 e. The Labute approximate surface area is 154 Å². The van der Waals surface area contributed by atoms with E-state index in [9.17, 15) is 16.8 Å². The van der Waals surface area contributed by atoms with Crippen molar-refractivity contribution in [3.05, 3.63) is 48.5 Å². The summed E-state index contributed by atoms with van der Waals surface area (Å²) >= 11 is 0. The van der Waals surface area contributed by atoms with E-state index in [1.165, 1.54) is 8.61 Å². The third-order valence-electron chi connectivity index (χ3n) is 4.86. The maximum atomic E-state index is 12.4. The van der Waals surface area contributed by atoms with Crippen LogP contribution in [-0.2, 0) is 20.0 Å². The third-order valence-corrected chi connectivity index (χ3v) is 8.85. The Kier molecular flexibility index (Phi) is 4.00. The van der Waals surface area contributed by atoms with Crippen LogP contribution in [0.25, 0.3) is 11.1 Å². The zero-order chi connectivity index (χ0) is 18.7. The molecule has 4 rings (SSSR count). The van der Waals surface area contributed by atoms with Gasteiger partial charge in [0.2, 0.25) is 20.0 Å². The molecule has 0 aliphatic carbocycles. The first-order valence-corrected chi connectivity index (χ1v) is 11.3. The third kappa shape index (κ3) is 2.96. The molecule has 4 unspecified atom stereocenters. The van der Waals surface area contributed by atoms with E-state index in [0.717, 1.165) is 11.1 Å². The summed E-state index contributed by atoms with van der Waals surface area (Å²) in [4.78, 5) is 0.556. The van der Waals surface area contributed by atoms with Crippen LogP contribution in [0.3, 0.4) is 0 Å². The van der Waals surface area contributed by atoms with Gasteiger partial charge in [-0.1, -0.05) is 24.3 Å². The molecule has 2 fully saturated rings. The van der Waals surface area contributed by atoms with Gasteiger partial charge in [0.25, 0.3) is 0 Å². The summed E-state index contributed by atoms with van der Waals surface area (Å²) < 4.78 is 52.3. The van der Waals surface area contributed by atoms with E-state index >= 15 is 0 Å². The van der Waals surface area contributed by atoms with Gasteiger partial charge in [-0.15, -0.1) is 0 Å². The summed E-state index contributed by atoms with van der Waals surface area (Å²) in [7, 11) is -6.80. The monoisotopic (exact) mass is 392 g/mol. The van der Waals surface area contributed by atoms with Crippen LogP contribution in [-0.4, -0.2) is 50.6 Å². The van der Waals surface area contributed by atoms with Crippen LogP contribution in [0.1, 0.15) is 13.8 Å². The molecule has 2 saturated heterocycles. The number of rotatable bonds is 5. The molecule has 0 aromatic heterocycles. The van der Waals surface area contributed by atoms with Crippen molar-refractivity contribution in [2.45, 2.75) is 35.7 Å². The molecule has 2 aromatic rings. The highest BCUT2D eigenvalue weighted by Crippen LogP contribution is 2.31. The Morgan fingerprint density at radius 1 is 0.654 bits per heavy atom. The predicted octanol–water partition coefficient (Wildman–Crippen LogP) is 2.14. The fraction of sp³-hybridized carbons (Fsp3) is 0.333. The van der Waals surface area contributed by atoms with Gasteiger partial charge in [-0.3, -0.25) is 0 Å². The summed E-state index contributed by atoms with van der Waals surface area (Å²) in [5, 5.41) is 0. The molecule has 8 heteroatoms. The first-order chi connectivity index (χ1) is 12.2. The van der Waals surface area contributed by atoms with E-state index < -0.39 is 20.0 Å². The lowest BCUT2D eigenvalue weighted by atomic mass is 10.1. The van der Waals surface area contributed by atoms with Crippen molar-refractivity contribution in [2.24, 2.45) is 0 Å². The first-order valence-electron chi connectivity index (χ1n) is 8.45. The molecule has 0 bridgehead atoms. The zero-order valence-electron chi connectivity index (χ0n) is 14.5. The lowest BCUT2D eigenvalue weighted by molar-refractivity contribution is 0.554. The van der Waals surface area contributed by atoms with Gasteiger partial charge in [-0.2, -0.15) is 8.61 Å². The van der Waals surface area contributed by atoms with Gasteiger partial charge in [0, 0.05) is 25.2 Å². The fourth-order valence-corrected chi connectivity index (χ4v) is 6.28. The van der Waals surface area contributed by atoms with E-state index in [0.29, 0.717) is 13.1 Å². The SMILES string of the molecule is CC1CN1S(=O)(=O)c1ccc(-c2ccc(S(=O)(=O)N3CC3C)cc2)cc1. The molecule has 2 aromatic carbocycles. The van der Waals surface area contributed by atoms with Crippen LogP contribution >= 0.6 is 0 Å². The quantitative estimate of drug-likeness (QED) is 0.731. The van der Waals surface area contributed by atoms with Gasteiger partial charge in [-0.25, -0.2) is 16.8 Å². The molecule has 0 spiro atoms. The minimum atomic E-state index is -3.40. The molecule has 4 atom stereocenters. The van der Waals surface area contributed by atoms with Crippen molar-refractivity contribution in [3.63, 3.8) is 0 Å². The molecule has 2 aliphatic rings. The van der Waals surface area contributed by atoms with Crippen LogP contribution in [0.4, 0.5) is 0 Å². The Morgan fingerprint density at radius 2 is 0.923 bits per heavy atom. The van der Waals surface area contributed by atoms with Crippen LogP contribution in [0.2, 0.25) is 0 Å². The Hall–Kier alpha value is -1.74. The van der Waals surface area contributed by atoms with Gasteiger partial charge in [-0.05, 0) is 49.2 Å². The number of hydrogen-bond donors (Lipinski definition) is 0. The fourth-order valence-electron chi connectivity index (χ4n) is 3.01. The summed E-state index contributed by atoms with van der Waals surface area (Å²) in [5.41, 5.74) is 1.68. The highest BCUT2D eigenvalue weighted by molar-refractivity contribution is 7.89. The second-order valence-corrected chi connectivity index (χ2v) is 10.7. The molecule has 6 nitrogen and oxygen atoms in total. The zero-order valence-corrected chi connectivity index (χ0v) is 16.2. The summed E-state index contributed by atoms with van der Waals surface area (Å²) in [5.74, 6) is 0. The van der Waals surface area contributed by atoms with Crippen molar-refractivity contribution >= 4 is 20.0 Å². The predicted molar refractivity (Wildman–Crippen MR) is 98.6 cm³/mol. The van der Waals surface area contributed by atoms with Crippen LogP contribution in [0.5, 0.6) is 0 Å². The van der Waals surface area contributed by atoms with Crippen molar-refractivity contribution in [3.8, 4) is 11.1 Å². The average molecular weight is 393 g/mol. The summed E-state index contributed by atoms with van der Waals surface area (Å²) in [6.45, 7) is 4.88. The molecular weight excluding hydrogens is 372 g/mol. The maximum Gasteiger partial charge on any atom is 0.243 e. The van der Waals surface area contributed by atoms with Crippen molar-refractivity contribution < 1.29 is 16.8 Å². The molecule has 0 N–H and O–H groups in total. The second-order valence-electron chi connectivity index (χ2n) is 6.90. The van der Waals surface area contributed by atoms with Crippen molar-refractivity contribution in [2.75, 3.05) is 13.1 Å². The molecule has 26 heavy (non-hydrogen) atoms. The molecule has 138 valence electrons. The molecule has 0 amide bonds. The Morgan fingerprint density at radius 3 is 1.15 bits per heavy atom. The topological polar surface area (TPSA) is 74.3 Å². The van der Waals surface area contributed by atoms with Gasteiger partial charge >= 0.3 is 0 Å². The van der Waals surface area contributed by atoms with Gasteiger partial charge in [0.15, 0.2) is 0 Å². The molecule has 0 radical (unpaired) electrons. The first kappa shape index (κ1) is 17.7. The van der Waals surface area contributed by atoms with Gasteiger partial charge in [0.05, 0.1) is 9.79 Å². The largest absolute Gasteiger partial charge is 0.243 e. The number of hydrogen-bond acceptors (Lipinski definition) is 4. The highest BCUT2D eigenvalue weighted by atomic mass is 32.2. The lowest BCUT2D eigenvalue weighted by Crippen LogP contribution is -2.13. The van der Waals surface area contributed by atoms with Gasteiger partial charge in [0.1, 0.15) is 0 Å². The number of benzene rings is 2. The van der Waals surface area contributed by atoms with E-state index in [1.807, 2.05) is 13.8 Å². The van der Waals surface area contributed by atoms with E-state index in [2.05, 4.69) is 0 Å². The minimum absolute atomic E-state index is 0.0686. The maximum absolute atomic E-state index is 12.4. The standard InChI is InChI=1S/C18H20N2O4S2/c1-13-11-19(13)25(21,22)17-7-3-15(4-8-17)16-5-9-18(10-6-16)26(23,24)20-12-14(20)2/h3-10,13-14H,11-12H2,1-2H3. The molecular formula is C18H20N2O4S2.